The highest BCUT2D eigenvalue weighted by Gasteiger charge is 2.16. The summed E-state index contributed by atoms with van der Waals surface area (Å²) in [5.41, 5.74) is 1.37. The third-order valence-electron chi connectivity index (χ3n) is 3.90. The highest BCUT2D eigenvalue weighted by Crippen LogP contribution is 2.27. The van der Waals surface area contributed by atoms with Gasteiger partial charge in [-0.3, -0.25) is 14.2 Å². The molecule has 1 N–H and O–H groups in total. The number of carbonyl (C=O) groups is 1. The van der Waals surface area contributed by atoms with Crippen LogP contribution in [-0.2, 0) is 11.3 Å². The van der Waals surface area contributed by atoms with E-state index in [1.807, 2.05) is 13.8 Å². The summed E-state index contributed by atoms with van der Waals surface area (Å²) in [6.45, 7) is 3.79. The molecule has 3 rings (SSSR count). The number of halogens is 1. The average molecular weight is 360 g/mol. The summed E-state index contributed by atoms with van der Waals surface area (Å²) in [5, 5.41) is 2.82. The first kappa shape index (κ1) is 17.2. The van der Waals surface area contributed by atoms with Gasteiger partial charge in [-0.2, -0.15) is 4.37 Å². The van der Waals surface area contributed by atoms with Gasteiger partial charge in [-0.15, -0.1) is 0 Å². The van der Waals surface area contributed by atoms with Crippen LogP contribution in [0.5, 0.6) is 0 Å². The highest BCUT2D eigenvalue weighted by atomic mass is 32.1. The zero-order chi connectivity index (χ0) is 18.0. The van der Waals surface area contributed by atoms with Crippen molar-refractivity contribution in [2.75, 3.05) is 0 Å². The molecular formula is C17H17FN4O2S. The van der Waals surface area contributed by atoms with Crippen LogP contribution in [0.1, 0.15) is 20.3 Å². The Kier molecular flexibility index (Phi) is 4.89. The van der Waals surface area contributed by atoms with Gasteiger partial charge in [0.15, 0.2) is 0 Å². The molecule has 0 fully saturated rings. The number of benzene rings is 1. The van der Waals surface area contributed by atoms with E-state index >= 15 is 0 Å². The van der Waals surface area contributed by atoms with Crippen molar-refractivity contribution >= 4 is 27.7 Å². The number of nitrogens with one attached hydrogen (secondary N) is 1. The Morgan fingerprint density at radius 2 is 2.08 bits per heavy atom. The Bertz CT molecular complexity index is 965. The Hall–Kier alpha value is -2.61. The molecule has 1 amide bonds. The molecule has 0 spiro atoms. The van der Waals surface area contributed by atoms with Crippen LogP contribution in [0, 0.1) is 5.82 Å². The normalized spacial score (nSPS) is 12.3. The van der Waals surface area contributed by atoms with E-state index in [2.05, 4.69) is 14.7 Å². The van der Waals surface area contributed by atoms with E-state index in [1.54, 1.807) is 12.1 Å². The molecule has 0 aliphatic carbocycles. The Morgan fingerprint density at radius 3 is 2.76 bits per heavy atom. The number of hydrogen-bond acceptors (Lipinski definition) is 5. The molecule has 25 heavy (non-hydrogen) atoms. The van der Waals surface area contributed by atoms with Crippen molar-refractivity contribution in [3.05, 3.63) is 46.8 Å². The summed E-state index contributed by atoms with van der Waals surface area (Å²) in [5.74, 6) is -0.577. The first-order chi connectivity index (χ1) is 12.0. The van der Waals surface area contributed by atoms with E-state index in [0.717, 1.165) is 18.0 Å². The lowest BCUT2D eigenvalue weighted by Gasteiger charge is -2.12. The second-order valence-electron chi connectivity index (χ2n) is 5.77. The van der Waals surface area contributed by atoms with Crippen molar-refractivity contribution in [1.82, 2.24) is 19.2 Å². The highest BCUT2D eigenvalue weighted by molar-refractivity contribution is 7.13. The van der Waals surface area contributed by atoms with Crippen LogP contribution in [0.4, 0.5) is 4.39 Å². The molecule has 6 nitrogen and oxygen atoms in total. The van der Waals surface area contributed by atoms with Gasteiger partial charge in [0.2, 0.25) is 5.91 Å². The molecule has 1 atom stereocenters. The number of fused-ring (bicyclic) bond motifs is 1. The number of amides is 1. The summed E-state index contributed by atoms with van der Waals surface area (Å²) in [6.07, 6.45) is 2.16. The molecule has 0 saturated heterocycles. The zero-order valence-corrected chi connectivity index (χ0v) is 14.6. The van der Waals surface area contributed by atoms with Gasteiger partial charge in [0.1, 0.15) is 28.3 Å². The molecule has 1 unspecified atom stereocenters. The lowest BCUT2D eigenvalue weighted by atomic mass is 10.1. The Labute approximate surface area is 147 Å². The predicted molar refractivity (Wildman–Crippen MR) is 95.0 cm³/mol. The number of nitrogens with zero attached hydrogens (tertiary/aromatic N) is 3. The third-order valence-corrected chi connectivity index (χ3v) is 4.72. The Morgan fingerprint density at radius 1 is 1.36 bits per heavy atom. The van der Waals surface area contributed by atoms with Crippen molar-refractivity contribution in [2.45, 2.75) is 32.9 Å². The number of carbonyl (C=O) groups excluding carboxylic acids is 1. The predicted octanol–water partition coefficient (Wildman–Crippen LogP) is 2.57. The second-order valence-corrected chi connectivity index (χ2v) is 6.54. The molecule has 0 radical (unpaired) electrons. The Balaban J connectivity index is 1.93. The van der Waals surface area contributed by atoms with Crippen LogP contribution in [-0.4, -0.2) is 25.9 Å². The quantitative estimate of drug-likeness (QED) is 0.759. The molecule has 8 heteroatoms. The molecule has 0 bridgehead atoms. The minimum absolute atomic E-state index is 0.0494. The lowest BCUT2D eigenvalue weighted by Crippen LogP contribution is -2.37. The van der Waals surface area contributed by atoms with E-state index in [9.17, 15) is 14.0 Å². The maximum Gasteiger partial charge on any atom is 0.273 e. The molecule has 0 aliphatic rings. The molecule has 2 heterocycles. The van der Waals surface area contributed by atoms with E-state index in [-0.39, 0.29) is 29.9 Å². The van der Waals surface area contributed by atoms with Gasteiger partial charge < -0.3 is 5.32 Å². The number of rotatable bonds is 5. The van der Waals surface area contributed by atoms with E-state index in [1.165, 1.54) is 23.0 Å². The standard InChI is InChI=1S/C17H17FN4O2S/c1-3-10(2)20-13(23)8-22-9-19-15-14(21-25-16(15)17(22)24)11-4-6-12(18)7-5-11/h4-7,9-10H,3,8H2,1-2H3,(H,20,23). The van der Waals surface area contributed by atoms with Crippen molar-refractivity contribution < 1.29 is 9.18 Å². The fourth-order valence-electron chi connectivity index (χ4n) is 2.34. The van der Waals surface area contributed by atoms with Gasteiger partial charge in [-0.1, -0.05) is 6.92 Å². The van der Waals surface area contributed by atoms with Gasteiger partial charge in [-0.25, -0.2) is 9.37 Å². The molecule has 1 aromatic carbocycles. The van der Waals surface area contributed by atoms with Gasteiger partial charge in [0.25, 0.3) is 5.56 Å². The average Bonchev–Trinajstić information content (AvgIpc) is 3.02. The first-order valence-electron chi connectivity index (χ1n) is 7.89. The molecule has 0 aliphatic heterocycles. The maximum absolute atomic E-state index is 13.1. The molecule has 3 aromatic rings. The SMILES string of the molecule is CCC(C)NC(=O)Cn1cnc2c(-c3ccc(F)cc3)nsc2c1=O. The van der Waals surface area contributed by atoms with Crippen LogP contribution < -0.4 is 10.9 Å². The first-order valence-corrected chi connectivity index (χ1v) is 8.67. The number of hydrogen-bond donors (Lipinski definition) is 1. The number of aromatic nitrogens is 3. The topological polar surface area (TPSA) is 76.9 Å². The fourth-order valence-corrected chi connectivity index (χ4v) is 3.15. The molecule has 2 aromatic heterocycles. The minimum Gasteiger partial charge on any atom is -0.352 e. The fraction of sp³-hybridized carbons (Fsp3) is 0.294. The lowest BCUT2D eigenvalue weighted by molar-refractivity contribution is -0.122. The van der Waals surface area contributed by atoms with Crippen LogP contribution >= 0.6 is 11.5 Å². The third kappa shape index (κ3) is 3.58. The molecule has 0 saturated carbocycles. The van der Waals surface area contributed by atoms with E-state index in [0.29, 0.717) is 21.5 Å². The van der Waals surface area contributed by atoms with Crippen LogP contribution in [0.25, 0.3) is 21.5 Å². The monoisotopic (exact) mass is 360 g/mol. The van der Waals surface area contributed by atoms with Crippen LogP contribution in [0.2, 0.25) is 0 Å². The van der Waals surface area contributed by atoms with Crippen molar-refractivity contribution in [1.29, 1.82) is 0 Å². The summed E-state index contributed by atoms with van der Waals surface area (Å²) >= 11 is 1.03. The second kappa shape index (κ2) is 7.10. The summed E-state index contributed by atoms with van der Waals surface area (Å²) < 4.78 is 19.0. The van der Waals surface area contributed by atoms with Gasteiger partial charge in [0.05, 0.1) is 6.33 Å². The summed E-state index contributed by atoms with van der Waals surface area (Å²) in [4.78, 5) is 28.8. The van der Waals surface area contributed by atoms with E-state index < -0.39 is 0 Å². The van der Waals surface area contributed by atoms with Crippen molar-refractivity contribution in [3.63, 3.8) is 0 Å². The van der Waals surface area contributed by atoms with Crippen molar-refractivity contribution in [2.24, 2.45) is 0 Å². The smallest absolute Gasteiger partial charge is 0.273 e. The van der Waals surface area contributed by atoms with Crippen LogP contribution in [0.3, 0.4) is 0 Å². The summed E-state index contributed by atoms with van der Waals surface area (Å²) in [6, 6.07) is 5.91. The minimum atomic E-state index is -0.342. The van der Waals surface area contributed by atoms with Crippen molar-refractivity contribution in [3.8, 4) is 11.3 Å². The maximum atomic E-state index is 13.1. The van der Waals surface area contributed by atoms with E-state index in [4.69, 9.17) is 0 Å². The largest absolute Gasteiger partial charge is 0.352 e. The van der Waals surface area contributed by atoms with Gasteiger partial charge >= 0.3 is 0 Å². The van der Waals surface area contributed by atoms with Gasteiger partial charge in [-0.05, 0) is 49.1 Å². The summed E-state index contributed by atoms with van der Waals surface area (Å²) in [7, 11) is 0. The zero-order valence-electron chi connectivity index (χ0n) is 13.8. The molecular weight excluding hydrogens is 343 g/mol. The molecule has 130 valence electrons. The van der Waals surface area contributed by atoms with Gasteiger partial charge in [0, 0.05) is 11.6 Å². The van der Waals surface area contributed by atoms with Crippen LogP contribution in [0.15, 0.2) is 35.4 Å².